The van der Waals surface area contributed by atoms with Gasteiger partial charge in [-0.3, -0.25) is 24.5 Å². The minimum atomic E-state index is -1.04. The highest BCUT2D eigenvalue weighted by Crippen LogP contribution is 2.14. The number of rotatable bonds is 9. The van der Waals surface area contributed by atoms with E-state index in [2.05, 4.69) is 5.32 Å². The van der Waals surface area contributed by atoms with Crippen LogP contribution >= 0.6 is 0 Å². The standard InChI is InChI=1S/C16H21N3O6/c1-3-25-16(22)10(2)7-13(15(17)21)18-14(20)9-11-5-4-6-12(8-11)19(23)24/h4-6,8,10,13H,3,7,9H2,1-2H3,(H2,17,21)(H,18,20)/t10-,13+/m1/s1. The van der Waals surface area contributed by atoms with Crippen LogP contribution in [-0.2, 0) is 25.5 Å². The van der Waals surface area contributed by atoms with Crippen molar-refractivity contribution >= 4 is 23.5 Å². The number of nitrogens with one attached hydrogen (secondary N) is 1. The second-order valence-electron chi connectivity index (χ2n) is 5.52. The number of nitro benzene ring substituents is 1. The predicted octanol–water partition coefficient (Wildman–Crippen LogP) is 0.697. The summed E-state index contributed by atoms with van der Waals surface area (Å²) in [4.78, 5) is 45.4. The Labute approximate surface area is 144 Å². The third-order valence-corrected chi connectivity index (χ3v) is 3.44. The molecule has 1 aromatic rings. The van der Waals surface area contributed by atoms with Crippen LogP contribution in [0, 0.1) is 16.0 Å². The Morgan fingerprint density at radius 2 is 2.04 bits per heavy atom. The summed E-state index contributed by atoms with van der Waals surface area (Å²) in [5, 5.41) is 13.2. The Morgan fingerprint density at radius 3 is 2.60 bits per heavy atom. The van der Waals surface area contributed by atoms with Gasteiger partial charge in [0.2, 0.25) is 11.8 Å². The van der Waals surface area contributed by atoms with E-state index in [0.29, 0.717) is 5.56 Å². The Bertz CT molecular complexity index is 661. The fourth-order valence-corrected chi connectivity index (χ4v) is 2.19. The molecule has 9 nitrogen and oxygen atoms in total. The lowest BCUT2D eigenvalue weighted by Crippen LogP contribution is -2.46. The van der Waals surface area contributed by atoms with E-state index in [-0.39, 0.29) is 25.1 Å². The van der Waals surface area contributed by atoms with Gasteiger partial charge in [0.05, 0.1) is 23.9 Å². The summed E-state index contributed by atoms with van der Waals surface area (Å²) in [7, 11) is 0. The molecule has 2 atom stereocenters. The summed E-state index contributed by atoms with van der Waals surface area (Å²) in [6.45, 7) is 3.45. The molecule has 0 unspecified atom stereocenters. The highest BCUT2D eigenvalue weighted by Gasteiger charge is 2.25. The maximum atomic E-state index is 12.1. The number of primary amides is 1. The predicted molar refractivity (Wildman–Crippen MR) is 88.3 cm³/mol. The van der Waals surface area contributed by atoms with Crippen LogP contribution in [-0.4, -0.2) is 35.4 Å². The first-order valence-electron chi connectivity index (χ1n) is 7.73. The molecule has 3 N–H and O–H groups in total. The Balaban J connectivity index is 2.70. The van der Waals surface area contributed by atoms with Gasteiger partial charge >= 0.3 is 5.97 Å². The van der Waals surface area contributed by atoms with Gasteiger partial charge in [-0.2, -0.15) is 0 Å². The van der Waals surface area contributed by atoms with Crippen molar-refractivity contribution in [3.8, 4) is 0 Å². The molecule has 0 aliphatic heterocycles. The van der Waals surface area contributed by atoms with Gasteiger partial charge in [-0.1, -0.05) is 19.1 Å². The molecule has 0 bridgehead atoms. The van der Waals surface area contributed by atoms with E-state index in [1.807, 2.05) is 0 Å². The summed E-state index contributed by atoms with van der Waals surface area (Å²) in [5.41, 5.74) is 5.56. The zero-order valence-corrected chi connectivity index (χ0v) is 14.1. The van der Waals surface area contributed by atoms with Crippen molar-refractivity contribution in [2.45, 2.75) is 32.7 Å². The molecule has 0 fully saturated rings. The highest BCUT2D eigenvalue weighted by atomic mass is 16.6. The van der Waals surface area contributed by atoms with E-state index >= 15 is 0 Å². The monoisotopic (exact) mass is 351 g/mol. The van der Waals surface area contributed by atoms with E-state index in [1.165, 1.54) is 18.2 Å². The lowest BCUT2D eigenvalue weighted by Gasteiger charge is -2.18. The summed E-state index contributed by atoms with van der Waals surface area (Å²) >= 11 is 0. The number of nitrogens with two attached hydrogens (primary N) is 1. The molecule has 0 aliphatic carbocycles. The van der Waals surface area contributed by atoms with Gasteiger partial charge in [-0.15, -0.1) is 0 Å². The van der Waals surface area contributed by atoms with E-state index in [9.17, 15) is 24.5 Å². The normalized spacial score (nSPS) is 12.7. The first-order valence-corrected chi connectivity index (χ1v) is 7.73. The number of esters is 1. The second kappa shape index (κ2) is 9.36. The molecular formula is C16H21N3O6. The molecule has 1 rings (SSSR count). The summed E-state index contributed by atoms with van der Waals surface area (Å²) in [6.07, 6.45) is -0.145. The molecule has 0 saturated heterocycles. The first-order chi connectivity index (χ1) is 11.7. The number of hydrogen-bond donors (Lipinski definition) is 2. The van der Waals surface area contributed by atoms with Gasteiger partial charge in [0.15, 0.2) is 0 Å². The highest BCUT2D eigenvalue weighted by molar-refractivity contribution is 5.88. The largest absolute Gasteiger partial charge is 0.466 e. The van der Waals surface area contributed by atoms with Crippen LogP contribution < -0.4 is 11.1 Å². The number of carbonyl (C=O) groups excluding carboxylic acids is 3. The molecule has 0 spiro atoms. The minimum absolute atomic E-state index is 0.00877. The smallest absolute Gasteiger partial charge is 0.308 e. The average Bonchev–Trinajstić information content (AvgIpc) is 2.54. The summed E-state index contributed by atoms with van der Waals surface area (Å²) in [5.74, 6) is -2.40. The van der Waals surface area contributed by atoms with Gasteiger partial charge in [0.1, 0.15) is 6.04 Å². The Kier molecular flexibility index (Phi) is 7.51. The lowest BCUT2D eigenvalue weighted by atomic mass is 10.0. The van der Waals surface area contributed by atoms with Crippen LogP contribution in [0.15, 0.2) is 24.3 Å². The minimum Gasteiger partial charge on any atom is -0.466 e. The molecule has 9 heteroatoms. The van der Waals surface area contributed by atoms with Crippen molar-refractivity contribution in [1.82, 2.24) is 5.32 Å². The number of nitrogens with zero attached hydrogens (tertiary/aromatic N) is 1. The fraction of sp³-hybridized carbons (Fsp3) is 0.438. The zero-order chi connectivity index (χ0) is 19.0. The van der Waals surface area contributed by atoms with Crippen LogP contribution in [0.3, 0.4) is 0 Å². The van der Waals surface area contributed by atoms with Crippen LogP contribution in [0.2, 0.25) is 0 Å². The number of nitro groups is 1. The zero-order valence-electron chi connectivity index (χ0n) is 14.1. The Hall–Kier alpha value is -2.97. The molecule has 0 aromatic heterocycles. The molecule has 136 valence electrons. The average molecular weight is 351 g/mol. The van der Waals surface area contributed by atoms with Gasteiger partial charge < -0.3 is 15.8 Å². The summed E-state index contributed by atoms with van der Waals surface area (Å²) < 4.78 is 4.85. The van der Waals surface area contributed by atoms with E-state index in [0.717, 1.165) is 0 Å². The van der Waals surface area contributed by atoms with Gasteiger partial charge in [-0.25, -0.2) is 0 Å². The maximum Gasteiger partial charge on any atom is 0.308 e. The molecule has 0 radical (unpaired) electrons. The van der Waals surface area contributed by atoms with Gasteiger partial charge in [0.25, 0.3) is 5.69 Å². The van der Waals surface area contributed by atoms with Crippen molar-refractivity contribution in [1.29, 1.82) is 0 Å². The molecular weight excluding hydrogens is 330 g/mol. The topological polar surface area (TPSA) is 142 Å². The van der Waals surface area contributed by atoms with E-state index < -0.39 is 34.7 Å². The molecule has 0 saturated carbocycles. The molecule has 2 amide bonds. The van der Waals surface area contributed by atoms with Gasteiger partial charge in [-0.05, 0) is 18.9 Å². The summed E-state index contributed by atoms with van der Waals surface area (Å²) in [6, 6.07) is 4.59. The van der Waals surface area contributed by atoms with Crippen LogP contribution in [0.1, 0.15) is 25.8 Å². The van der Waals surface area contributed by atoms with Crippen molar-refractivity contribution in [2.24, 2.45) is 11.7 Å². The number of amides is 2. The first kappa shape index (κ1) is 20.1. The SMILES string of the molecule is CCOC(=O)[C@H](C)C[C@H](NC(=O)Cc1cccc([N+](=O)[O-])c1)C(N)=O. The van der Waals surface area contributed by atoms with Gasteiger partial charge in [0, 0.05) is 12.1 Å². The number of non-ortho nitro benzene ring substituents is 1. The molecule has 1 aromatic carbocycles. The Morgan fingerprint density at radius 1 is 1.36 bits per heavy atom. The quantitative estimate of drug-likeness (QED) is 0.381. The van der Waals surface area contributed by atoms with Crippen molar-refractivity contribution in [3.05, 3.63) is 39.9 Å². The lowest BCUT2D eigenvalue weighted by molar-refractivity contribution is -0.384. The number of carbonyl (C=O) groups is 3. The van der Waals surface area contributed by atoms with E-state index in [4.69, 9.17) is 10.5 Å². The second-order valence-corrected chi connectivity index (χ2v) is 5.52. The number of ether oxygens (including phenoxy) is 1. The van der Waals surface area contributed by atoms with Crippen molar-refractivity contribution in [3.63, 3.8) is 0 Å². The van der Waals surface area contributed by atoms with Crippen molar-refractivity contribution in [2.75, 3.05) is 6.61 Å². The molecule has 0 heterocycles. The fourth-order valence-electron chi connectivity index (χ4n) is 2.19. The van der Waals surface area contributed by atoms with E-state index in [1.54, 1.807) is 19.9 Å². The molecule has 25 heavy (non-hydrogen) atoms. The number of hydrogen-bond acceptors (Lipinski definition) is 6. The molecule has 0 aliphatic rings. The third-order valence-electron chi connectivity index (χ3n) is 3.44. The maximum absolute atomic E-state index is 12.1. The third kappa shape index (κ3) is 6.58. The number of benzene rings is 1. The van der Waals surface area contributed by atoms with Crippen molar-refractivity contribution < 1.29 is 24.0 Å². The van der Waals surface area contributed by atoms with Crippen LogP contribution in [0.4, 0.5) is 5.69 Å². The van der Waals surface area contributed by atoms with Crippen LogP contribution in [0.25, 0.3) is 0 Å². The van der Waals surface area contributed by atoms with Crippen LogP contribution in [0.5, 0.6) is 0 Å².